The summed E-state index contributed by atoms with van der Waals surface area (Å²) < 4.78 is 54.3. The Morgan fingerprint density at radius 1 is 1.06 bits per heavy atom. The van der Waals surface area contributed by atoms with Gasteiger partial charge >= 0.3 is 0 Å². The number of aromatic nitrogens is 1. The molecule has 0 spiro atoms. The number of morpholine rings is 1. The normalized spacial score (nSPS) is 15.4. The molecule has 0 aliphatic carbocycles. The van der Waals surface area contributed by atoms with Crippen LogP contribution in [0.25, 0.3) is 10.2 Å². The predicted octanol–water partition coefficient (Wildman–Crippen LogP) is 2.47. The number of rotatable bonds is 8. The van der Waals surface area contributed by atoms with Crippen molar-refractivity contribution in [2.75, 3.05) is 56.3 Å². The van der Waals surface area contributed by atoms with E-state index in [1.165, 1.54) is 41.7 Å². The Morgan fingerprint density at radius 3 is 2.34 bits per heavy atom. The van der Waals surface area contributed by atoms with Crippen LogP contribution in [0.2, 0.25) is 0 Å². The number of sulfone groups is 2. The monoisotopic (exact) mass is 537 g/mol. The average molecular weight is 538 g/mol. The van der Waals surface area contributed by atoms with Gasteiger partial charge in [0.15, 0.2) is 24.8 Å². The maximum Gasteiger partial charge on any atom is 0.260 e. The van der Waals surface area contributed by atoms with Crippen LogP contribution < -0.4 is 4.90 Å². The van der Waals surface area contributed by atoms with E-state index >= 15 is 0 Å². The number of amides is 1. The number of carbonyl (C=O) groups excluding carboxylic acids is 1. The summed E-state index contributed by atoms with van der Waals surface area (Å²) in [6.45, 7) is 5.36. The van der Waals surface area contributed by atoms with Crippen LogP contribution in [0.5, 0.6) is 0 Å². The zero-order chi connectivity index (χ0) is 25.2. The van der Waals surface area contributed by atoms with Crippen molar-refractivity contribution in [3.63, 3.8) is 0 Å². The molecule has 1 saturated heterocycles. The predicted molar refractivity (Wildman–Crippen MR) is 136 cm³/mol. The van der Waals surface area contributed by atoms with Gasteiger partial charge in [0, 0.05) is 38.0 Å². The highest BCUT2D eigenvalue weighted by molar-refractivity contribution is 7.91. The van der Waals surface area contributed by atoms with Crippen molar-refractivity contribution in [3.8, 4) is 0 Å². The van der Waals surface area contributed by atoms with Crippen LogP contribution in [0.1, 0.15) is 17.3 Å². The first kappa shape index (κ1) is 25.7. The Bertz CT molecular complexity index is 1430. The second-order valence-electron chi connectivity index (χ2n) is 8.24. The van der Waals surface area contributed by atoms with E-state index in [1.54, 1.807) is 24.0 Å². The van der Waals surface area contributed by atoms with E-state index in [2.05, 4.69) is 9.88 Å². The molecule has 2 aromatic carbocycles. The van der Waals surface area contributed by atoms with Crippen molar-refractivity contribution in [2.24, 2.45) is 0 Å². The fourth-order valence-corrected chi connectivity index (χ4v) is 6.35. The topological polar surface area (TPSA) is 114 Å². The van der Waals surface area contributed by atoms with Gasteiger partial charge in [0.2, 0.25) is 0 Å². The third-order valence-electron chi connectivity index (χ3n) is 5.84. The zero-order valence-corrected chi connectivity index (χ0v) is 22.0. The Kier molecular flexibility index (Phi) is 7.57. The number of nitrogens with zero attached hydrogens (tertiary/aromatic N) is 3. The van der Waals surface area contributed by atoms with Crippen LogP contribution in [-0.2, 0) is 24.4 Å². The van der Waals surface area contributed by atoms with Gasteiger partial charge in [-0.15, -0.1) is 0 Å². The average Bonchev–Trinajstić information content (AvgIpc) is 3.27. The first-order valence-corrected chi connectivity index (χ1v) is 15.5. The number of anilines is 1. The summed E-state index contributed by atoms with van der Waals surface area (Å²) in [5.74, 6) is -0.325. The van der Waals surface area contributed by atoms with Gasteiger partial charge in [0.25, 0.3) is 5.91 Å². The van der Waals surface area contributed by atoms with E-state index < -0.39 is 19.7 Å². The Labute approximate surface area is 209 Å². The largest absolute Gasteiger partial charge is 0.379 e. The fourth-order valence-electron chi connectivity index (χ4n) is 3.72. The molecule has 1 aromatic heterocycles. The molecule has 0 unspecified atom stereocenters. The van der Waals surface area contributed by atoms with Crippen LogP contribution in [0.15, 0.2) is 52.3 Å². The zero-order valence-electron chi connectivity index (χ0n) is 19.5. The molecule has 1 amide bonds. The quantitative estimate of drug-likeness (QED) is 0.431. The van der Waals surface area contributed by atoms with E-state index in [4.69, 9.17) is 4.74 Å². The number of benzene rings is 2. The molecule has 1 fully saturated rings. The summed E-state index contributed by atoms with van der Waals surface area (Å²) in [6, 6.07) is 10.6. The van der Waals surface area contributed by atoms with E-state index in [-0.39, 0.29) is 21.5 Å². The Hall–Kier alpha value is -2.38. The van der Waals surface area contributed by atoms with Crippen LogP contribution >= 0.6 is 11.3 Å². The lowest BCUT2D eigenvalue weighted by Crippen LogP contribution is -2.43. The van der Waals surface area contributed by atoms with Gasteiger partial charge in [-0.05, 0) is 42.5 Å². The lowest BCUT2D eigenvalue weighted by atomic mass is 10.2. The molecule has 188 valence electrons. The van der Waals surface area contributed by atoms with Crippen molar-refractivity contribution in [2.45, 2.75) is 16.7 Å². The maximum atomic E-state index is 13.6. The Balaban J connectivity index is 1.67. The molecule has 12 heteroatoms. The van der Waals surface area contributed by atoms with E-state index in [0.717, 1.165) is 19.3 Å². The van der Waals surface area contributed by atoms with Gasteiger partial charge < -0.3 is 4.74 Å². The molecule has 0 radical (unpaired) electrons. The van der Waals surface area contributed by atoms with Gasteiger partial charge in [-0.25, -0.2) is 21.8 Å². The molecule has 0 saturated carbocycles. The summed E-state index contributed by atoms with van der Waals surface area (Å²) >= 11 is 1.25. The molecule has 9 nitrogen and oxygen atoms in total. The van der Waals surface area contributed by atoms with Crippen molar-refractivity contribution < 1.29 is 26.4 Å². The minimum Gasteiger partial charge on any atom is -0.379 e. The summed E-state index contributed by atoms with van der Waals surface area (Å²) in [4.78, 5) is 22.3. The van der Waals surface area contributed by atoms with Crippen molar-refractivity contribution in [1.29, 1.82) is 0 Å². The van der Waals surface area contributed by atoms with Crippen molar-refractivity contribution >= 4 is 52.3 Å². The molecule has 1 aliphatic rings. The minimum atomic E-state index is -3.38. The highest BCUT2D eigenvalue weighted by Crippen LogP contribution is 2.31. The van der Waals surface area contributed by atoms with Gasteiger partial charge in [-0.3, -0.25) is 14.6 Å². The van der Waals surface area contributed by atoms with Gasteiger partial charge in [0.05, 0.1) is 39.0 Å². The van der Waals surface area contributed by atoms with Gasteiger partial charge in [-0.2, -0.15) is 0 Å². The molecule has 0 N–H and O–H groups in total. The molecule has 3 aromatic rings. The summed E-state index contributed by atoms with van der Waals surface area (Å²) in [5, 5.41) is 0.453. The van der Waals surface area contributed by atoms with Gasteiger partial charge in [0.1, 0.15) is 0 Å². The van der Waals surface area contributed by atoms with Crippen LogP contribution in [-0.4, -0.2) is 84.0 Å². The number of ether oxygens (including phenoxy) is 1. The smallest absolute Gasteiger partial charge is 0.260 e. The third-order valence-corrected chi connectivity index (χ3v) is 9.74. The number of fused-ring (bicyclic) bond motifs is 1. The maximum absolute atomic E-state index is 13.6. The van der Waals surface area contributed by atoms with E-state index in [0.29, 0.717) is 47.2 Å². The third kappa shape index (κ3) is 5.89. The highest BCUT2D eigenvalue weighted by atomic mass is 32.2. The van der Waals surface area contributed by atoms with Crippen molar-refractivity contribution in [3.05, 3.63) is 48.0 Å². The van der Waals surface area contributed by atoms with Crippen LogP contribution in [0, 0.1) is 0 Å². The molecular formula is C23H27N3O6S3. The number of hydrogen-bond acceptors (Lipinski definition) is 9. The first-order valence-electron chi connectivity index (χ1n) is 11.1. The number of carbonyl (C=O) groups is 1. The second-order valence-corrected chi connectivity index (χ2v) is 13.5. The summed E-state index contributed by atoms with van der Waals surface area (Å²) in [7, 11) is -6.75. The fraction of sp³-hybridized carbons (Fsp3) is 0.391. The van der Waals surface area contributed by atoms with Crippen LogP contribution in [0.4, 0.5) is 5.13 Å². The SMILES string of the molecule is CCS(=O)(=O)c1ccc(C(=O)N(CCN2CCOCC2)c2nc3ccc(S(C)(=O)=O)cc3s2)cc1. The van der Waals surface area contributed by atoms with E-state index in [9.17, 15) is 21.6 Å². The minimum absolute atomic E-state index is 0.0207. The lowest BCUT2D eigenvalue weighted by molar-refractivity contribution is 0.0391. The standard InChI is InChI=1S/C23H27N3O6S3/c1-3-35(30,31)18-6-4-17(5-7-18)22(27)26(11-10-25-12-14-32-15-13-25)23-24-20-9-8-19(34(2,28)29)16-21(20)33-23/h4-9,16H,3,10-15H2,1-2H3. The molecule has 1 aliphatic heterocycles. The first-order chi connectivity index (χ1) is 16.6. The molecule has 0 atom stereocenters. The van der Waals surface area contributed by atoms with Gasteiger partial charge in [-0.1, -0.05) is 18.3 Å². The second kappa shape index (κ2) is 10.3. The summed E-state index contributed by atoms with van der Waals surface area (Å²) in [6.07, 6.45) is 1.15. The molecule has 35 heavy (non-hydrogen) atoms. The molecule has 2 heterocycles. The van der Waals surface area contributed by atoms with Crippen LogP contribution in [0.3, 0.4) is 0 Å². The number of thiazole rings is 1. The van der Waals surface area contributed by atoms with Crippen molar-refractivity contribution in [1.82, 2.24) is 9.88 Å². The molecular weight excluding hydrogens is 510 g/mol. The van der Waals surface area contributed by atoms with E-state index in [1.807, 2.05) is 0 Å². The summed E-state index contributed by atoms with van der Waals surface area (Å²) in [5.41, 5.74) is 0.948. The highest BCUT2D eigenvalue weighted by Gasteiger charge is 2.24. The Morgan fingerprint density at radius 2 is 1.71 bits per heavy atom. The lowest BCUT2D eigenvalue weighted by Gasteiger charge is -2.29. The number of hydrogen-bond donors (Lipinski definition) is 0. The molecule has 0 bridgehead atoms. The molecule has 4 rings (SSSR count).